The molecule has 1 aliphatic rings. The summed E-state index contributed by atoms with van der Waals surface area (Å²) in [6, 6.07) is 5.43. The minimum absolute atomic E-state index is 0.194. The van der Waals surface area contributed by atoms with Crippen LogP contribution in [0.15, 0.2) is 30.3 Å². The molecule has 0 saturated heterocycles. The van der Waals surface area contributed by atoms with E-state index in [1.54, 1.807) is 18.2 Å². The van der Waals surface area contributed by atoms with Gasteiger partial charge in [0, 0.05) is 44.5 Å². The van der Waals surface area contributed by atoms with E-state index in [9.17, 15) is 39.5 Å². The minimum atomic E-state index is -5.42. The lowest BCUT2D eigenvalue weighted by Crippen LogP contribution is -2.25. The van der Waals surface area contributed by atoms with Crippen molar-refractivity contribution in [1.82, 2.24) is 5.32 Å². The first-order valence-electron chi connectivity index (χ1n) is 9.50. The molecule has 5 nitrogen and oxygen atoms in total. The molecule has 0 bridgehead atoms. The van der Waals surface area contributed by atoms with Crippen LogP contribution in [0.3, 0.4) is 0 Å². The van der Waals surface area contributed by atoms with E-state index >= 15 is 0 Å². The van der Waals surface area contributed by atoms with Gasteiger partial charge in [-0.05, 0) is 29.7 Å². The molecule has 3 rings (SSSR count). The van der Waals surface area contributed by atoms with Crippen LogP contribution in [0.1, 0.15) is 16.7 Å². The molecule has 2 aromatic carbocycles. The predicted molar refractivity (Wildman–Crippen MR) is 99.4 cm³/mol. The summed E-state index contributed by atoms with van der Waals surface area (Å²) in [5, 5.41) is 4.24. The van der Waals surface area contributed by atoms with Crippen molar-refractivity contribution in [1.29, 1.82) is 0 Å². The van der Waals surface area contributed by atoms with Crippen molar-refractivity contribution in [2.75, 3.05) is 18.5 Å². The standard InChI is InChI=1S/C20H16F9N2O3/c1-31(13-3-2-11-4-5-30-9-12(11)6-13)10-15-16(33-19(24,25)26)7-14(32-18(21,22)23)8-17(15)34-20(27,28)29/h2-3,6-8H,4-5,9-10H2,1H3. The van der Waals surface area contributed by atoms with E-state index in [0.717, 1.165) is 11.1 Å². The number of hydrogen-bond donors (Lipinski definition) is 0. The highest BCUT2D eigenvalue weighted by Gasteiger charge is 2.38. The number of fused-ring (bicyclic) bond motifs is 1. The van der Waals surface area contributed by atoms with Crippen LogP contribution in [0.2, 0.25) is 0 Å². The third-order valence-electron chi connectivity index (χ3n) is 4.67. The number of benzene rings is 2. The molecule has 2 aromatic rings. The van der Waals surface area contributed by atoms with Crippen molar-refractivity contribution < 1.29 is 53.7 Å². The van der Waals surface area contributed by atoms with Gasteiger partial charge >= 0.3 is 19.1 Å². The smallest absolute Gasteiger partial charge is 0.406 e. The van der Waals surface area contributed by atoms with Gasteiger partial charge in [-0.15, -0.1) is 39.5 Å². The van der Waals surface area contributed by atoms with Crippen molar-refractivity contribution in [2.24, 2.45) is 0 Å². The molecule has 14 heteroatoms. The molecule has 0 fully saturated rings. The second-order valence-electron chi connectivity index (χ2n) is 7.21. The summed E-state index contributed by atoms with van der Waals surface area (Å²) in [6.45, 7) is 0.384. The fourth-order valence-electron chi connectivity index (χ4n) is 3.34. The van der Waals surface area contributed by atoms with Gasteiger partial charge in [0.25, 0.3) is 0 Å². The number of rotatable bonds is 6. The molecule has 0 N–H and O–H groups in total. The number of anilines is 1. The molecule has 1 radical (unpaired) electrons. The average Bonchev–Trinajstić information content (AvgIpc) is 2.66. The molecule has 34 heavy (non-hydrogen) atoms. The van der Waals surface area contributed by atoms with Gasteiger partial charge in [-0.3, -0.25) is 0 Å². The van der Waals surface area contributed by atoms with Gasteiger partial charge in [0.15, 0.2) is 0 Å². The van der Waals surface area contributed by atoms with Gasteiger partial charge in [-0.1, -0.05) is 6.07 Å². The largest absolute Gasteiger partial charge is 0.573 e. The molecule has 0 spiro atoms. The second-order valence-corrected chi connectivity index (χ2v) is 7.21. The van der Waals surface area contributed by atoms with Crippen molar-refractivity contribution in [3.8, 4) is 17.2 Å². The number of hydrogen-bond acceptors (Lipinski definition) is 4. The third-order valence-corrected chi connectivity index (χ3v) is 4.67. The van der Waals surface area contributed by atoms with Gasteiger partial charge in [0.05, 0.1) is 5.56 Å². The van der Waals surface area contributed by atoms with Crippen molar-refractivity contribution >= 4 is 5.69 Å². The van der Waals surface area contributed by atoms with E-state index in [-0.39, 0.29) is 12.1 Å². The summed E-state index contributed by atoms with van der Waals surface area (Å²) in [7, 11) is 1.37. The van der Waals surface area contributed by atoms with Crippen LogP contribution in [-0.4, -0.2) is 32.7 Å². The molecule has 0 aromatic heterocycles. The molecular weight excluding hydrogens is 487 g/mol. The molecule has 0 amide bonds. The Kier molecular flexibility index (Phi) is 7.01. The van der Waals surface area contributed by atoms with E-state index in [4.69, 9.17) is 0 Å². The zero-order valence-electron chi connectivity index (χ0n) is 17.2. The Morgan fingerprint density at radius 2 is 1.35 bits per heavy atom. The van der Waals surface area contributed by atoms with Crippen LogP contribution >= 0.6 is 0 Å². The summed E-state index contributed by atoms with van der Waals surface area (Å²) in [6.07, 6.45) is -15.6. The SMILES string of the molecule is CN(Cc1c(OC(F)(F)F)cc(OC(F)(F)F)cc1OC(F)(F)F)c1ccc2c(c1)C[N]CC2. The number of halogens is 9. The van der Waals surface area contributed by atoms with Crippen molar-refractivity contribution in [3.63, 3.8) is 0 Å². The first-order valence-corrected chi connectivity index (χ1v) is 9.50. The number of alkyl halides is 9. The molecule has 0 saturated carbocycles. The van der Waals surface area contributed by atoms with Crippen LogP contribution in [0, 0.1) is 0 Å². The summed E-state index contributed by atoms with van der Waals surface area (Å²) in [5.41, 5.74) is 1.46. The first kappa shape index (κ1) is 25.6. The number of nitrogens with zero attached hydrogens (tertiary/aromatic N) is 2. The van der Waals surface area contributed by atoms with Gasteiger partial charge < -0.3 is 19.1 Å². The van der Waals surface area contributed by atoms with Crippen LogP contribution in [0.4, 0.5) is 45.2 Å². The summed E-state index contributed by atoms with van der Waals surface area (Å²) < 4.78 is 126. The molecule has 0 unspecified atom stereocenters. The van der Waals surface area contributed by atoms with Crippen LogP contribution in [0.25, 0.3) is 0 Å². The first-order chi connectivity index (χ1) is 15.6. The Bertz CT molecular complexity index is 983. The van der Waals surface area contributed by atoms with Crippen molar-refractivity contribution in [2.45, 2.75) is 38.6 Å². The Hall–Kier alpha value is -3.03. The average molecular weight is 503 g/mol. The highest BCUT2D eigenvalue weighted by atomic mass is 19.4. The number of ether oxygens (including phenoxy) is 3. The zero-order chi connectivity index (χ0) is 25.3. The summed E-state index contributed by atoms with van der Waals surface area (Å²) >= 11 is 0. The summed E-state index contributed by atoms with van der Waals surface area (Å²) in [5.74, 6) is -4.06. The van der Waals surface area contributed by atoms with Crippen LogP contribution in [-0.2, 0) is 19.5 Å². The Morgan fingerprint density at radius 1 is 0.794 bits per heavy atom. The monoisotopic (exact) mass is 503 g/mol. The maximum absolute atomic E-state index is 12.9. The van der Waals surface area contributed by atoms with Gasteiger partial charge in [-0.25, -0.2) is 5.32 Å². The maximum Gasteiger partial charge on any atom is 0.573 e. The van der Waals surface area contributed by atoms with Gasteiger partial charge in [-0.2, -0.15) is 0 Å². The quantitative estimate of drug-likeness (QED) is 0.476. The van der Waals surface area contributed by atoms with Gasteiger partial charge in [0.2, 0.25) is 0 Å². The fourth-order valence-corrected chi connectivity index (χ4v) is 3.34. The zero-order valence-corrected chi connectivity index (χ0v) is 17.2. The lowest BCUT2D eigenvalue weighted by Gasteiger charge is -2.26. The highest BCUT2D eigenvalue weighted by molar-refractivity contribution is 5.56. The highest BCUT2D eigenvalue weighted by Crippen LogP contribution is 2.41. The molecular formula is C20H16F9N2O3. The maximum atomic E-state index is 12.9. The lowest BCUT2D eigenvalue weighted by atomic mass is 10.00. The molecule has 1 aliphatic heterocycles. The van der Waals surface area contributed by atoms with E-state index in [0.29, 0.717) is 25.2 Å². The normalized spacial score (nSPS) is 14.4. The Balaban J connectivity index is 2.04. The lowest BCUT2D eigenvalue weighted by molar-refractivity contribution is -0.278. The predicted octanol–water partition coefficient (Wildman–Crippen LogP) is 5.68. The van der Waals surface area contributed by atoms with Gasteiger partial charge in [0.1, 0.15) is 17.2 Å². The third kappa shape index (κ3) is 7.23. The summed E-state index contributed by atoms with van der Waals surface area (Å²) in [4.78, 5) is 1.29. The second kappa shape index (κ2) is 9.31. The fraction of sp³-hybridized carbons (Fsp3) is 0.400. The van der Waals surface area contributed by atoms with E-state index in [2.05, 4.69) is 19.5 Å². The van der Waals surface area contributed by atoms with Crippen molar-refractivity contribution in [3.05, 3.63) is 47.0 Å². The van der Waals surface area contributed by atoms with E-state index in [1.807, 2.05) is 0 Å². The Morgan fingerprint density at radius 3 is 1.88 bits per heavy atom. The van der Waals surface area contributed by atoms with Crippen LogP contribution < -0.4 is 24.4 Å². The molecule has 0 aliphatic carbocycles. The molecule has 187 valence electrons. The molecule has 1 heterocycles. The molecule has 0 atom stereocenters. The van der Waals surface area contributed by atoms with E-state index in [1.165, 1.54) is 11.9 Å². The topological polar surface area (TPSA) is 45.0 Å². The Labute approximate surface area is 187 Å². The van der Waals surface area contributed by atoms with E-state index < -0.39 is 48.4 Å². The minimum Gasteiger partial charge on any atom is -0.406 e. The van der Waals surface area contributed by atoms with Crippen LogP contribution in [0.5, 0.6) is 17.2 Å².